The second kappa shape index (κ2) is 12.1. The molecule has 0 bridgehead atoms. The highest BCUT2D eigenvalue weighted by molar-refractivity contribution is 6.11. The second-order valence-electron chi connectivity index (χ2n) is 8.49. The van der Waals surface area contributed by atoms with Crippen LogP contribution in [0.15, 0.2) is 95.1 Å². The van der Waals surface area contributed by atoms with E-state index in [0.29, 0.717) is 34.9 Å². The fourth-order valence-electron chi connectivity index (χ4n) is 3.63. The number of hydrogen-bond acceptors (Lipinski definition) is 6. The number of furan rings is 1. The Balaban J connectivity index is 1.54. The van der Waals surface area contributed by atoms with Crippen LogP contribution in [0.3, 0.4) is 0 Å². The fraction of sp³-hybridized carbons (Fsp3) is 0.138. The average molecular weight is 535 g/mol. The van der Waals surface area contributed by atoms with Gasteiger partial charge in [-0.25, -0.2) is 0 Å². The number of aliphatic imine (C=N–C) groups is 1. The number of benzene rings is 2. The van der Waals surface area contributed by atoms with Gasteiger partial charge in [0.2, 0.25) is 0 Å². The number of alkyl halides is 3. The maximum absolute atomic E-state index is 13.0. The van der Waals surface area contributed by atoms with E-state index < -0.39 is 17.6 Å². The summed E-state index contributed by atoms with van der Waals surface area (Å²) in [5.74, 6) is -0.0574. The fourth-order valence-corrected chi connectivity index (χ4v) is 3.63. The second-order valence-corrected chi connectivity index (χ2v) is 8.49. The van der Waals surface area contributed by atoms with Crippen molar-refractivity contribution in [2.75, 3.05) is 17.7 Å². The lowest BCUT2D eigenvalue weighted by Crippen LogP contribution is -2.14. The average Bonchev–Trinajstić information content (AvgIpc) is 3.45. The number of carbonyl (C=O) groups excluding carboxylic acids is 1. The number of ether oxygens (including phenoxy) is 1. The molecule has 0 aliphatic carbocycles. The van der Waals surface area contributed by atoms with Gasteiger partial charge in [0.25, 0.3) is 5.91 Å². The topological polar surface area (TPSA) is 88.8 Å². The van der Waals surface area contributed by atoms with E-state index >= 15 is 0 Å². The van der Waals surface area contributed by atoms with Crippen molar-refractivity contribution >= 4 is 29.1 Å². The monoisotopic (exact) mass is 534 g/mol. The van der Waals surface area contributed by atoms with Crippen molar-refractivity contribution < 1.29 is 27.1 Å². The lowest BCUT2D eigenvalue weighted by molar-refractivity contribution is -0.137. The number of halogens is 3. The molecule has 200 valence electrons. The summed E-state index contributed by atoms with van der Waals surface area (Å²) < 4.78 is 50.2. The quantitative estimate of drug-likeness (QED) is 0.226. The number of nitrogens with zero attached hydrogens (tertiary/aromatic N) is 2. The van der Waals surface area contributed by atoms with Gasteiger partial charge in [-0.05, 0) is 55.0 Å². The van der Waals surface area contributed by atoms with Gasteiger partial charge in [0.1, 0.15) is 12.4 Å². The molecule has 0 fully saturated rings. The molecule has 2 heterocycles. The molecular formula is C29H25F3N4O3. The molecule has 7 nitrogen and oxygen atoms in total. The zero-order valence-electron chi connectivity index (χ0n) is 21.1. The Kier molecular flexibility index (Phi) is 8.45. The number of carbonyl (C=O) groups is 1. The van der Waals surface area contributed by atoms with E-state index in [9.17, 15) is 18.0 Å². The third-order valence-electron chi connectivity index (χ3n) is 5.67. The number of anilines is 2. The van der Waals surface area contributed by atoms with Gasteiger partial charge >= 0.3 is 6.18 Å². The smallest absolute Gasteiger partial charge is 0.416 e. The predicted octanol–water partition coefficient (Wildman–Crippen LogP) is 6.99. The van der Waals surface area contributed by atoms with Crippen molar-refractivity contribution in [3.8, 4) is 5.75 Å². The van der Waals surface area contributed by atoms with Crippen molar-refractivity contribution in [2.45, 2.75) is 19.7 Å². The summed E-state index contributed by atoms with van der Waals surface area (Å²) in [6.07, 6.45) is 5.32. The standard InChI is InChI=1S/C29H25F3N4O3/c1-19-6-7-24(36-28(37)21-4-3-5-23(12-21)29(30,31)32)13-26(19)35-15-22(14-33-2)25-16-34-10-8-27(25)39-18-20-9-11-38-17-20/h3-17,35H,18H2,1-2H3,(H,36,37)/b22-15+,33-14-. The van der Waals surface area contributed by atoms with Crippen LogP contribution in [0.4, 0.5) is 24.5 Å². The maximum atomic E-state index is 13.0. The third kappa shape index (κ3) is 7.13. The largest absolute Gasteiger partial charge is 0.488 e. The van der Waals surface area contributed by atoms with Gasteiger partial charge in [-0.2, -0.15) is 13.2 Å². The van der Waals surface area contributed by atoms with Crippen LogP contribution in [0.5, 0.6) is 5.75 Å². The van der Waals surface area contributed by atoms with Crippen LogP contribution >= 0.6 is 0 Å². The first kappa shape index (κ1) is 27.2. The summed E-state index contributed by atoms with van der Waals surface area (Å²) in [6, 6.07) is 13.0. The molecule has 0 radical (unpaired) electrons. The van der Waals surface area contributed by atoms with Crippen LogP contribution in [0.2, 0.25) is 0 Å². The molecule has 2 aromatic carbocycles. The van der Waals surface area contributed by atoms with Gasteiger partial charge in [0.05, 0.1) is 18.1 Å². The molecule has 1 amide bonds. The molecule has 10 heteroatoms. The predicted molar refractivity (Wildman–Crippen MR) is 144 cm³/mol. The molecule has 2 N–H and O–H groups in total. The first-order valence-corrected chi connectivity index (χ1v) is 11.8. The molecule has 0 atom stereocenters. The molecule has 0 saturated heterocycles. The Bertz CT molecular complexity index is 1500. The molecule has 0 aliphatic heterocycles. The molecule has 2 aromatic heterocycles. The first-order valence-electron chi connectivity index (χ1n) is 11.8. The number of nitrogens with one attached hydrogen (secondary N) is 2. The van der Waals surface area contributed by atoms with Crippen LogP contribution < -0.4 is 15.4 Å². The van der Waals surface area contributed by atoms with Gasteiger partial charge in [-0.15, -0.1) is 0 Å². The molecule has 0 unspecified atom stereocenters. The van der Waals surface area contributed by atoms with Crippen LogP contribution in [0, 0.1) is 6.92 Å². The molecular weight excluding hydrogens is 509 g/mol. The highest BCUT2D eigenvalue weighted by atomic mass is 19.4. The van der Waals surface area contributed by atoms with E-state index in [2.05, 4.69) is 20.6 Å². The van der Waals surface area contributed by atoms with Gasteiger partial charge < -0.3 is 19.8 Å². The van der Waals surface area contributed by atoms with E-state index in [1.807, 2.05) is 13.0 Å². The zero-order valence-corrected chi connectivity index (χ0v) is 21.1. The van der Waals surface area contributed by atoms with Crippen molar-refractivity contribution in [2.24, 2.45) is 4.99 Å². The normalized spacial score (nSPS) is 12.0. The highest BCUT2D eigenvalue weighted by Gasteiger charge is 2.30. The van der Waals surface area contributed by atoms with E-state index in [0.717, 1.165) is 23.3 Å². The van der Waals surface area contributed by atoms with Gasteiger partial charge in [0.15, 0.2) is 0 Å². The molecule has 39 heavy (non-hydrogen) atoms. The van der Waals surface area contributed by atoms with E-state index in [4.69, 9.17) is 9.15 Å². The number of pyridine rings is 1. The summed E-state index contributed by atoms with van der Waals surface area (Å²) >= 11 is 0. The molecule has 0 saturated carbocycles. The van der Waals surface area contributed by atoms with Crippen LogP contribution in [0.25, 0.3) is 5.57 Å². The molecule has 0 spiro atoms. The maximum Gasteiger partial charge on any atom is 0.416 e. The van der Waals surface area contributed by atoms with Crippen molar-refractivity contribution in [1.29, 1.82) is 0 Å². The SMILES string of the molecule is C/N=C\C(=C/Nc1cc(NC(=O)c2cccc(C(F)(F)F)c2)ccc1C)c1cnccc1OCc1ccoc1. The summed E-state index contributed by atoms with van der Waals surface area (Å²) in [5.41, 5.74) is 3.24. The number of hydrogen-bond donors (Lipinski definition) is 2. The number of rotatable bonds is 9. The summed E-state index contributed by atoms with van der Waals surface area (Å²) in [7, 11) is 1.64. The Morgan fingerprint density at radius 1 is 1.15 bits per heavy atom. The number of allylic oxidation sites excluding steroid dienone is 1. The van der Waals surface area contributed by atoms with E-state index in [1.54, 1.807) is 68.6 Å². The Labute approximate surface area is 223 Å². The van der Waals surface area contributed by atoms with Crippen molar-refractivity contribution in [3.63, 3.8) is 0 Å². The number of aryl methyl sites for hydroxylation is 1. The lowest BCUT2D eigenvalue weighted by atomic mass is 10.1. The third-order valence-corrected chi connectivity index (χ3v) is 5.67. The minimum Gasteiger partial charge on any atom is -0.488 e. The number of aromatic nitrogens is 1. The minimum absolute atomic E-state index is 0.0965. The first-order chi connectivity index (χ1) is 18.7. The highest BCUT2D eigenvalue weighted by Crippen LogP contribution is 2.30. The van der Waals surface area contributed by atoms with Crippen LogP contribution in [0.1, 0.15) is 32.6 Å². The van der Waals surface area contributed by atoms with Crippen LogP contribution in [-0.4, -0.2) is 24.2 Å². The minimum atomic E-state index is -4.54. The van der Waals surface area contributed by atoms with Gasteiger partial charge in [-0.1, -0.05) is 12.1 Å². The Morgan fingerprint density at radius 2 is 2.00 bits per heavy atom. The van der Waals surface area contributed by atoms with Crippen LogP contribution in [-0.2, 0) is 12.8 Å². The molecule has 0 aliphatic rings. The van der Waals surface area contributed by atoms with E-state index in [-0.39, 0.29) is 5.56 Å². The Hall–Kier alpha value is -4.86. The zero-order chi connectivity index (χ0) is 27.8. The lowest BCUT2D eigenvalue weighted by Gasteiger charge is -2.13. The molecule has 4 rings (SSSR count). The van der Waals surface area contributed by atoms with Gasteiger partial charge in [0, 0.05) is 65.5 Å². The molecule has 4 aromatic rings. The Morgan fingerprint density at radius 3 is 2.74 bits per heavy atom. The van der Waals surface area contributed by atoms with Gasteiger partial charge in [-0.3, -0.25) is 14.8 Å². The summed E-state index contributed by atoms with van der Waals surface area (Å²) in [6.45, 7) is 2.19. The summed E-state index contributed by atoms with van der Waals surface area (Å²) in [4.78, 5) is 21.0. The summed E-state index contributed by atoms with van der Waals surface area (Å²) in [5, 5.41) is 5.88. The van der Waals surface area contributed by atoms with Crippen molar-refractivity contribution in [1.82, 2.24) is 4.98 Å². The van der Waals surface area contributed by atoms with Crippen molar-refractivity contribution in [3.05, 3.63) is 114 Å². The number of amides is 1. The van der Waals surface area contributed by atoms with E-state index in [1.165, 1.54) is 12.1 Å².